The van der Waals surface area contributed by atoms with E-state index in [0.29, 0.717) is 17.1 Å². The van der Waals surface area contributed by atoms with E-state index in [2.05, 4.69) is 10.3 Å². The third kappa shape index (κ3) is 2.57. The third-order valence-corrected chi connectivity index (χ3v) is 2.52. The minimum absolute atomic E-state index is 0.0954. The molecule has 18 heavy (non-hydrogen) atoms. The molecule has 5 heteroatoms. The lowest BCUT2D eigenvalue weighted by Crippen LogP contribution is -2.12. The number of carbonyl (C=O) groups excluding carboxylic acids is 1. The van der Waals surface area contributed by atoms with Crippen molar-refractivity contribution in [1.82, 2.24) is 4.98 Å². The number of nitrogens with two attached hydrogens (primary N) is 1. The second kappa shape index (κ2) is 4.75. The van der Waals surface area contributed by atoms with Crippen LogP contribution in [0.2, 0.25) is 0 Å². The van der Waals surface area contributed by atoms with E-state index >= 15 is 0 Å². The van der Waals surface area contributed by atoms with E-state index in [9.17, 15) is 9.90 Å². The Morgan fingerprint density at radius 3 is 2.72 bits per heavy atom. The fourth-order valence-corrected chi connectivity index (χ4v) is 1.43. The monoisotopic (exact) mass is 243 g/mol. The minimum Gasteiger partial charge on any atom is -0.508 e. The molecule has 1 amide bonds. The Kier molecular flexibility index (Phi) is 3.14. The summed E-state index contributed by atoms with van der Waals surface area (Å²) in [7, 11) is 0. The molecule has 0 aliphatic heterocycles. The van der Waals surface area contributed by atoms with Crippen molar-refractivity contribution in [2.45, 2.75) is 6.92 Å². The zero-order chi connectivity index (χ0) is 13.1. The molecule has 2 aromatic rings. The predicted octanol–water partition coefficient (Wildman–Crippen LogP) is 1.93. The Hall–Kier alpha value is -2.56. The highest BCUT2D eigenvalue weighted by Gasteiger charge is 2.08. The van der Waals surface area contributed by atoms with Gasteiger partial charge < -0.3 is 16.2 Å². The van der Waals surface area contributed by atoms with E-state index in [4.69, 9.17) is 5.73 Å². The lowest BCUT2D eigenvalue weighted by Gasteiger charge is -2.06. The van der Waals surface area contributed by atoms with E-state index in [1.807, 2.05) is 0 Å². The molecule has 92 valence electrons. The summed E-state index contributed by atoms with van der Waals surface area (Å²) >= 11 is 0. The molecule has 0 bridgehead atoms. The number of anilines is 2. The first kappa shape index (κ1) is 11.9. The Bertz CT molecular complexity index is 579. The van der Waals surface area contributed by atoms with Crippen molar-refractivity contribution in [2.75, 3.05) is 11.1 Å². The van der Waals surface area contributed by atoms with Gasteiger partial charge in [-0.2, -0.15) is 0 Å². The van der Waals surface area contributed by atoms with Gasteiger partial charge in [-0.25, -0.2) is 4.98 Å². The Balaban J connectivity index is 2.16. The molecule has 0 radical (unpaired) electrons. The van der Waals surface area contributed by atoms with E-state index < -0.39 is 0 Å². The maximum atomic E-state index is 11.9. The molecular formula is C13H13N3O2. The summed E-state index contributed by atoms with van der Waals surface area (Å²) in [5, 5.41) is 12.2. The number of nitrogens with zero attached hydrogens (tertiary/aromatic N) is 1. The van der Waals surface area contributed by atoms with Crippen molar-refractivity contribution >= 4 is 17.4 Å². The molecule has 0 unspecified atom stereocenters. The Labute approximate surface area is 104 Å². The van der Waals surface area contributed by atoms with Crippen LogP contribution >= 0.6 is 0 Å². The maximum Gasteiger partial charge on any atom is 0.255 e. The third-order valence-electron chi connectivity index (χ3n) is 2.52. The zero-order valence-corrected chi connectivity index (χ0v) is 9.84. The maximum absolute atomic E-state index is 11.9. The fourth-order valence-electron chi connectivity index (χ4n) is 1.43. The molecule has 0 aliphatic rings. The summed E-state index contributed by atoms with van der Waals surface area (Å²) in [5.74, 6) is 0.177. The SMILES string of the molecule is Cc1ccc(C(=O)Nc2ccc(N)nc2)cc1O. The molecular weight excluding hydrogens is 230 g/mol. The number of aromatic nitrogens is 1. The predicted molar refractivity (Wildman–Crippen MR) is 69.4 cm³/mol. The first-order chi connectivity index (χ1) is 8.56. The van der Waals surface area contributed by atoms with Crippen LogP contribution in [0.3, 0.4) is 0 Å². The van der Waals surface area contributed by atoms with Crippen molar-refractivity contribution in [2.24, 2.45) is 0 Å². The van der Waals surface area contributed by atoms with Crippen LogP contribution in [0.1, 0.15) is 15.9 Å². The number of hydrogen-bond acceptors (Lipinski definition) is 4. The van der Waals surface area contributed by atoms with Crippen LogP contribution in [0.25, 0.3) is 0 Å². The highest BCUT2D eigenvalue weighted by molar-refractivity contribution is 6.04. The average molecular weight is 243 g/mol. The molecule has 0 fully saturated rings. The molecule has 0 aliphatic carbocycles. The van der Waals surface area contributed by atoms with Crippen molar-refractivity contribution in [1.29, 1.82) is 0 Å². The van der Waals surface area contributed by atoms with Crippen LogP contribution in [0.4, 0.5) is 11.5 Å². The first-order valence-electron chi connectivity index (χ1n) is 5.39. The summed E-state index contributed by atoms with van der Waals surface area (Å²) < 4.78 is 0. The molecule has 5 nitrogen and oxygen atoms in total. The topological polar surface area (TPSA) is 88.2 Å². The number of nitrogens with one attached hydrogen (secondary N) is 1. The van der Waals surface area contributed by atoms with E-state index in [-0.39, 0.29) is 11.7 Å². The van der Waals surface area contributed by atoms with Crippen LogP contribution < -0.4 is 11.1 Å². The smallest absolute Gasteiger partial charge is 0.255 e. The van der Waals surface area contributed by atoms with Gasteiger partial charge in [-0.05, 0) is 36.8 Å². The highest BCUT2D eigenvalue weighted by Crippen LogP contribution is 2.18. The van der Waals surface area contributed by atoms with Crippen LogP contribution in [-0.2, 0) is 0 Å². The van der Waals surface area contributed by atoms with Gasteiger partial charge in [0.25, 0.3) is 5.91 Å². The van der Waals surface area contributed by atoms with Crippen molar-refractivity contribution in [3.63, 3.8) is 0 Å². The molecule has 0 saturated heterocycles. The number of amides is 1. The number of pyridine rings is 1. The number of nitrogen functional groups attached to an aromatic ring is 1. The van der Waals surface area contributed by atoms with Gasteiger partial charge in [-0.15, -0.1) is 0 Å². The molecule has 4 N–H and O–H groups in total. The molecule has 0 spiro atoms. The molecule has 0 atom stereocenters. The van der Waals surface area contributed by atoms with Crippen LogP contribution in [0.15, 0.2) is 36.5 Å². The Morgan fingerprint density at radius 2 is 2.11 bits per heavy atom. The number of benzene rings is 1. The van der Waals surface area contributed by atoms with Gasteiger partial charge in [0.1, 0.15) is 11.6 Å². The molecule has 1 aromatic carbocycles. The van der Waals surface area contributed by atoms with Crippen LogP contribution in [0.5, 0.6) is 5.75 Å². The van der Waals surface area contributed by atoms with Crippen molar-refractivity contribution in [3.8, 4) is 5.75 Å². The number of rotatable bonds is 2. The van der Waals surface area contributed by atoms with Gasteiger partial charge in [0.2, 0.25) is 0 Å². The minimum atomic E-state index is -0.308. The van der Waals surface area contributed by atoms with Crippen molar-refractivity contribution < 1.29 is 9.90 Å². The van der Waals surface area contributed by atoms with E-state index in [1.165, 1.54) is 12.3 Å². The van der Waals surface area contributed by atoms with E-state index in [1.54, 1.807) is 31.2 Å². The summed E-state index contributed by atoms with van der Waals surface area (Å²) in [4.78, 5) is 15.8. The second-order valence-corrected chi connectivity index (χ2v) is 3.93. The molecule has 0 saturated carbocycles. The number of hydrogen-bond donors (Lipinski definition) is 3. The lowest BCUT2D eigenvalue weighted by atomic mass is 10.1. The Morgan fingerprint density at radius 1 is 1.33 bits per heavy atom. The number of phenols is 1. The highest BCUT2D eigenvalue weighted by atomic mass is 16.3. The lowest BCUT2D eigenvalue weighted by molar-refractivity contribution is 0.102. The molecule has 1 heterocycles. The van der Waals surface area contributed by atoms with Crippen molar-refractivity contribution in [3.05, 3.63) is 47.7 Å². The van der Waals surface area contributed by atoms with Gasteiger partial charge in [-0.3, -0.25) is 4.79 Å². The van der Waals surface area contributed by atoms with Crippen LogP contribution in [0, 0.1) is 6.92 Å². The van der Waals surface area contributed by atoms with Gasteiger partial charge in [0.05, 0.1) is 11.9 Å². The first-order valence-corrected chi connectivity index (χ1v) is 5.39. The quantitative estimate of drug-likeness (QED) is 0.752. The summed E-state index contributed by atoms with van der Waals surface area (Å²) in [5.41, 5.74) is 7.11. The molecule has 1 aromatic heterocycles. The molecule has 2 rings (SSSR count). The van der Waals surface area contributed by atoms with Gasteiger partial charge in [0.15, 0.2) is 0 Å². The number of phenolic OH excluding ortho intramolecular Hbond substituents is 1. The summed E-state index contributed by atoms with van der Waals surface area (Å²) in [6.45, 7) is 1.76. The van der Waals surface area contributed by atoms with Gasteiger partial charge >= 0.3 is 0 Å². The van der Waals surface area contributed by atoms with Gasteiger partial charge in [-0.1, -0.05) is 6.07 Å². The standard InChI is InChI=1S/C13H13N3O2/c1-8-2-3-9(6-11(8)17)13(18)16-10-4-5-12(14)15-7-10/h2-7,17H,1H3,(H2,14,15)(H,16,18). The average Bonchev–Trinajstić information content (AvgIpc) is 2.35. The summed E-state index contributed by atoms with van der Waals surface area (Å²) in [6, 6.07) is 8.02. The fraction of sp³-hybridized carbons (Fsp3) is 0.0769. The van der Waals surface area contributed by atoms with E-state index in [0.717, 1.165) is 5.56 Å². The second-order valence-electron chi connectivity index (χ2n) is 3.93. The number of carbonyl (C=O) groups is 1. The zero-order valence-electron chi connectivity index (χ0n) is 9.84. The largest absolute Gasteiger partial charge is 0.508 e. The van der Waals surface area contributed by atoms with Gasteiger partial charge in [0, 0.05) is 5.56 Å². The summed E-state index contributed by atoms with van der Waals surface area (Å²) in [6.07, 6.45) is 1.47. The van der Waals surface area contributed by atoms with Crippen LogP contribution in [-0.4, -0.2) is 16.0 Å². The normalized spacial score (nSPS) is 10.1. The number of aromatic hydroxyl groups is 1. The number of aryl methyl sites for hydroxylation is 1.